The van der Waals surface area contributed by atoms with Gasteiger partial charge in [0, 0.05) is 6.54 Å². The number of hydrogen-bond acceptors (Lipinski definition) is 2. The predicted molar refractivity (Wildman–Crippen MR) is 79.4 cm³/mol. The Morgan fingerprint density at radius 3 is 2.80 bits per heavy atom. The Morgan fingerprint density at radius 2 is 2.15 bits per heavy atom. The Bertz CT molecular complexity index is 568. The van der Waals surface area contributed by atoms with E-state index in [0.29, 0.717) is 17.0 Å². The normalized spacial score (nSPS) is 12.6. The minimum Gasteiger partial charge on any atom is -0.311 e. The fourth-order valence-electron chi connectivity index (χ4n) is 2.33. The molecule has 2 aromatic rings. The van der Waals surface area contributed by atoms with Crippen LogP contribution in [0.1, 0.15) is 30.6 Å². The van der Waals surface area contributed by atoms with Crippen LogP contribution in [0.15, 0.2) is 30.5 Å². The van der Waals surface area contributed by atoms with Crippen molar-refractivity contribution in [3.8, 4) is 0 Å². The molecule has 0 aliphatic heterocycles. The molecule has 3 nitrogen and oxygen atoms in total. The molecule has 0 aliphatic rings. The lowest BCUT2D eigenvalue weighted by Crippen LogP contribution is -2.23. The second kappa shape index (κ2) is 6.86. The van der Waals surface area contributed by atoms with Crippen LogP contribution in [0.2, 0.25) is 5.02 Å². The van der Waals surface area contributed by atoms with E-state index in [2.05, 4.69) is 17.3 Å². The lowest BCUT2D eigenvalue weighted by molar-refractivity contribution is 0.488. The molecule has 0 saturated carbocycles. The molecule has 0 saturated heterocycles. The molecule has 0 fully saturated rings. The molecule has 0 bridgehead atoms. The molecule has 1 aromatic heterocycles. The van der Waals surface area contributed by atoms with Gasteiger partial charge in [-0.05, 0) is 31.5 Å². The highest BCUT2D eigenvalue weighted by atomic mass is 35.5. The van der Waals surface area contributed by atoms with Gasteiger partial charge in [-0.1, -0.05) is 36.7 Å². The Kier molecular flexibility index (Phi) is 5.15. The van der Waals surface area contributed by atoms with Gasteiger partial charge in [0.25, 0.3) is 0 Å². The van der Waals surface area contributed by atoms with E-state index in [4.69, 9.17) is 11.6 Å². The molecule has 20 heavy (non-hydrogen) atoms. The van der Waals surface area contributed by atoms with E-state index in [9.17, 15) is 4.39 Å². The smallest absolute Gasteiger partial charge is 0.126 e. The second-order valence-corrected chi connectivity index (χ2v) is 5.14. The van der Waals surface area contributed by atoms with Crippen molar-refractivity contribution in [1.29, 1.82) is 0 Å². The van der Waals surface area contributed by atoms with E-state index in [1.807, 2.05) is 17.8 Å². The molecule has 0 amide bonds. The predicted octanol–water partition coefficient (Wildman–Crippen LogP) is 3.59. The van der Waals surface area contributed by atoms with Gasteiger partial charge in [0.15, 0.2) is 0 Å². The van der Waals surface area contributed by atoms with Crippen LogP contribution >= 0.6 is 11.6 Å². The van der Waals surface area contributed by atoms with E-state index in [1.54, 1.807) is 18.3 Å². The zero-order chi connectivity index (χ0) is 14.5. The standard InChI is InChI=1S/C15H19ClFN3/c1-3-8-20-15(12(16)10-19-20)14(18-2)9-11-6-4-5-7-13(11)17/h4-7,10,14,18H,3,8-9H2,1-2H3. The first-order valence-electron chi connectivity index (χ1n) is 6.79. The molecule has 0 aliphatic carbocycles. The minimum atomic E-state index is -0.189. The van der Waals surface area contributed by atoms with Crippen molar-refractivity contribution in [3.05, 3.63) is 52.6 Å². The second-order valence-electron chi connectivity index (χ2n) is 4.74. The maximum Gasteiger partial charge on any atom is 0.126 e. The van der Waals surface area contributed by atoms with Gasteiger partial charge in [0.05, 0.1) is 23.0 Å². The largest absolute Gasteiger partial charge is 0.311 e. The lowest BCUT2D eigenvalue weighted by atomic mass is 10.0. The molecule has 0 radical (unpaired) electrons. The lowest BCUT2D eigenvalue weighted by Gasteiger charge is -2.19. The Hall–Kier alpha value is -1.39. The highest BCUT2D eigenvalue weighted by molar-refractivity contribution is 6.31. The quantitative estimate of drug-likeness (QED) is 0.882. The summed E-state index contributed by atoms with van der Waals surface area (Å²) in [6.45, 7) is 2.89. The first-order chi connectivity index (χ1) is 9.67. The summed E-state index contributed by atoms with van der Waals surface area (Å²) in [5.74, 6) is -0.189. The van der Waals surface area contributed by atoms with Crippen LogP contribution in [0.5, 0.6) is 0 Å². The van der Waals surface area contributed by atoms with E-state index >= 15 is 0 Å². The molecule has 0 spiro atoms. The number of aryl methyl sites for hydroxylation is 1. The average Bonchev–Trinajstić information content (AvgIpc) is 2.80. The monoisotopic (exact) mass is 295 g/mol. The maximum absolute atomic E-state index is 13.8. The molecule has 108 valence electrons. The van der Waals surface area contributed by atoms with Gasteiger partial charge in [-0.25, -0.2) is 4.39 Å². The number of aromatic nitrogens is 2. The number of nitrogens with one attached hydrogen (secondary N) is 1. The van der Waals surface area contributed by atoms with Crippen molar-refractivity contribution < 1.29 is 4.39 Å². The zero-order valence-electron chi connectivity index (χ0n) is 11.7. The van der Waals surface area contributed by atoms with E-state index in [-0.39, 0.29) is 11.9 Å². The number of hydrogen-bond donors (Lipinski definition) is 1. The van der Waals surface area contributed by atoms with Crippen LogP contribution in [0.3, 0.4) is 0 Å². The Balaban J connectivity index is 2.29. The average molecular weight is 296 g/mol. The van der Waals surface area contributed by atoms with Crippen molar-refractivity contribution in [3.63, 3.8) is 0 Å². The molecule has 5 heteroatoms. The number of benzene rings is 1. The number of rotatable bonds is 6. The molecule has 1 heterocycles. The van der Waals surface area contributed by atoms with Crippen LogP contribution in [0, 0.1) is 5.82 Å². The molecule has 1 atom stereocenters. The highest BCUT2D eigenvalue weighted by Crippen LogP contribution is 2.26. The summed E-state index contributed by atoms with van der Waals surface area (Å²) in [7, 11) is 1.85. The summed E-state index contributed by atoms with van der Waals surface area (Å²) in [5, 5.41) is 8.12. The SMILES string of the molecule is CCCn1ncc(Cl)c1C(Cc1ccccc1F)NC. The van der Waals surface area contributed by atoms with Gasteiger partial charge in [0.1, 0.15) is 5.82 Å². The van der Waals surface area contributed by atoms with Crippen LogP contribution in [0.4, 0.5) is 4.39 Å². The highest BCUT2D eigenvalue weighted by Gasteiger charge is 2.20. The summed E-state index contributed by atoms with van der Waals surface area (Å²) < 4.78 is 15.7. The van der Waals surface area contributed by atoms with Crippen LogP contribution in [-0.4, -0.2) is 16.8 Å². The molecule has 1 aromatic carbocycles. The fraction of sp³-hybridized carbons (Fsp3) is 0.400. The first-order valence-corrected chi connectivity index (χ1v) is 7.17. The van der Waals surface area contributed by atoms with Crippen molar-refractivity contribution in [2.24, 2.45) is 0 Å². The van der Waals surface area contributed by atoms with Gasteiger partial charge in [-0.15, -0.1) is 0 Å². The third kappa shape index (κ3) is 3.19. The van der Waals surface area contributed by atoms with E-state index in [0.717, 1.165) is 18.7 Å². The van der Waals surface area contributed by atoms with Gasteiger partial charge < -0.3 is 5.32 Å². The number of halogens is 2. The van der Waals surface area contributed by atoms with Crippen molar-refractivity contribution in [2.75, 3.05) is 7.05 Å². The van der Waals surface area contributed by atoms with Gasteiger partial charge in [-0.3, -0.25) is 4.68 Å². The van der Waals surface area contributed by atoms with Gasteiger partial charge in [-0.2, -0.15) is 5.10 Å². The van der Waals surface area contributed by atoms with Crippen LogP contribution < -0.4 is 5.32 Å². The van der Waals surface area contributed by atoms with E-state index in [1.165, 1.54) is 6.07 Å². The van der Waals surface area contributed by atoms with Gasteiger partial charge >= 0.3 is 0 Å². The molecule has 1 unspecified atom stereocenters. The maximum atomic E-state index is 13.8. The zero-order valence-corrected chi connectivity index (χ0v) is 12.5. The minimum absolute atomic E-state index is 0.0616. The molecule has 2 rings (SSSR count). The van der Waals surface area contributed by atoms with Gasteiger partial charge in [0.2, 0.25) is 0 Å². The fourth-order valence-corrected chi connectivity index (χ4v) is 2.60. The summed E-state index contributed by atoms with van der Waals surface area (Å²) in [6, 6.07) is 6.76. The van der Waals surface area contributed by atoms with E-state index < -0.39 is 0 Å². The van der Waals surface area contributed by atoms with Crippen LogP contribution in [0.25, 0.3) is 0 Å². The van der Waals surface area contributed by atoms with Crippen molar-refractivity contribution in [1.82, 2.24) is 15.1 Å². The molecule has 1 N–H and O–H groups in total. The van der Waals surface area contributed by atoms with Crippen molar-refractivity contribution >= 4 is 11.6 Å². The van der Waals surface area contributed by atoms with Crippen LogP contribution in [-0.2, 0) is 13.0 Å². The summed E-state index contributed by atoms with van der Waals surface area (Å²) in [6.07, 6.45) is 3.16. The summed E-state index contributed by atoms with van der Waals surface area (Å²) >= 11 is 6.24. The number of likely N-dealkylation sites (N-methyl/N-ethyl adjacent to an activating group) is 1. The molecular weight excluding hydrogens is 277 g/mol. The summed E-state index contributed by atoms with van der Waals surface area (Å²) in [4.78, 5) is 0. The van der Waals surface area contributed by atoms with Crippen molar-refractivity contribution in [2.45, 2.75) is 32.4 Å². The third-order valence-corrected chi connectivity index (χ3v) is 3.62. The Morgan fingerprint density at radius 1 is 1.40 bits per heavy atom. The Labute approximate surface area is 123 Å². The molecular formula is C15H19ClFN3. The number of nitrogens with zero attached hydrogens (tertiary/aromatic N) is 2. The summed E-state index contributed by atoms with van der Waals surface area (Å²) in [5.41, 5.74) is 1.59. The third-order valence-electron chi connectivity index (χ3n) is 3.33. The topological polar surface area (TPSA) is 29.9 Å². The first kappa shape index (κ1) is 15.0.